The molecule has 0 saturated carbocycles. The van der Waals surface area contributed by atoms with Crippen LogP contribution >= 0.6 is 0 Å². The standard InChI is InChI=1S/C63H122O6/c1-7-59(6)51-45-39-33-27-20-16-12-10-8-9-11-13-17-21-28-34-40-46-52-61(64)67-55-60(56-68-62(65)53-47-41-35-29-24-23-26-32-38-44-50-58(4)5)69-63(66)54-48-42-36-30-22-18-14-15-19-25-31-37-43-49-57(2)3/h57-60H,7-56H2,1-6H3/t59?,60-/m0/s1. The Bertz CT molecular complexity index is 1070. The van der Waals surface area contributed by atoms with Crippen molar-refractivity contribution in [1.29, 1.82) is 0 Å². The van der Waals surface area contributed by atoms with Crippen molar-refractivity contribution < 1.29 is 28.6 Å². The highest BCUT2D eigenvalue weighted by Crippen LogP contribution is 2.19. The average Bonchev–Trinajstić information content (AvgIpc) is 3.32. The zero-order valence-corrected chi connectivity index (χ0v) is 47.6. The molecule has 0 aliphatic heterocycles. The van der Waals surface area contributed by atoms with Gasteiger partial charge in [-0.05, 0) is 37.0 Å². The molecule has 0 fully saturated rings. The molecule has 2 atom stereocenters. The Morgan fingerprint density at radius 3 is 0.754 bits per heavy atom. The van der Waals surface area contributed by atoms with Gasteiger partial charge in [-0.2, -0.15) is 0 Å². The molecule has 0 radical (unpaired) electrons. The maximum Gasteiger partial charge on any atom is 0.306 e. The number of esters is 3. The summed E-state index contributed by atoms with van der Waals surface area (Å²) in [6, 6.07) is 0. The Morgan fingerprint density at radius 1 is 0.290 bits per heavy atom. The SMILES string of the molecule is CCC(C)CCCCCCCCCCCCCCCCCCCCC(=O)OC[C@@H](COC(=O)CCCCCCCCCCCCC(C)C)OC(=O)CCCCCCCCCCCCCCCC(C)C. The van der Waals surface area contributed by atoms with Gasteiger partial charge >= 0.3 is 17.9 Å². The van der Waals surface area contributed by atoms with Crippen molar-refractivity contribution in [2.24, 2.45) is 17.8 Å². The highest BCUT2D eigenvalue weighted by atomic mass is 16.6. The van der Waals surface area contributed by atoms with Gasteiger partial charge < -0.3 is 14.2 Å². The van der Waals surface area contributed by atoms with E-state index in [0.717, 1.165) is 75.5 Å². The quantitative estimate of drug-likeness (QED) is 0.0343. The van der Waals surface area contributed by atoms with Crippen LogP contribution in [0.25, 0.3) is 0 Å². The second kappa shape index (κ2) is 54.2. The van der Waals surface area contributed by atoms with Crippen molar-refractivity contribution in [1.82, 2.24) is 0 Å². The monoisotopic (exact) mass is 975 g/mol. The van der Waals surface area contributed by atoms with Gasteiger partial charge in [0.05, 0.1) is 0 Å². The molecule has 0 heterocycles. The second-order valence-corrected chi connectivity index (χ2v) is 22.9. The number of carbonyl (C=O) groups excluding carboxylic acids is 3. The third-order valence-electron chi connectivity index (χ3n) is 14.8. The van der Waals surface area contributed by atoms with E-state index in [1.807, 2.05) is 0 Å². The summed E-state index contributed by atoms with van der Waals surface area (Å²) in [6.07, 6.45) is 58.1. The van der Waals surface area contributed by atoms with Gasteiger partial charge in [-0.1, -0.05) is 311 Å². The second-order valence-electron chi connectivity index (χ2n) is 22.9. The lowest BCUT2D eigenvalue weighted by molar-refractivity contribution is -0.167. The molecule has 0 aromatic rings. The minimum atomic E-state index is -0.764. The van der Waals surface area contributed by atoms with Crippen molar-refractivity contribution in [2.45, 2.75) is 356 Å². The zero-order chi connectivity index (χ0) is 50.5. The minimum Gasteiger partial charge on any atom is -0.462 e. The molecule has 1 unspecified atom stereocenters. The molecule has 0 bridgehead atoms. The summed E-state index contributed by atoms with van der Waals surface area (Å²) < 4.78 is 16.9. The van der Waals surface area contributed by atoms with Crippen LogP contribution in [0.2, 0.25) is 0 Å². The van der Waals surface area contributed by atoms with E-state index < -0.39 is 6.10 Å². The Kier molecular flexibility index (Phi) is 52.9. The van der Waals surface area contributed by atoms with Crippen LogP contribution in [-0.2, 0) is 28.6 Å². The van der Waals surface area contributed by atoms with Gasteiger partial charge in [0.15, 0.2) is 6.10 Å². The van der Waals surface area contributed by atoms with E-state index in [-0.39, 0.29) is 31.1 Å². The summed E-state index contributed by atoms with van der Waals surface area (Å²) in [4.78, 5) is 38.2. The lowest BCUT2D eigenvalue weighted by Crippen LogP contribution is -2.30. The molecule has 0 aromatic carbocycles. The summed E-state index contributed by atoms with van der Waals surface area (Å²) in [5, 5.41) is 0. The fraction of sp³-hybridized carbons (Fsp3) is 0.952. The first-order valence-electron chi connectivity index (χ1n) is 31.1. The minimum absolute atomic E-state index is 0.0630. The topological polar surface area (TPSA) is 78.9 Å². The number of rotatable bonds is 56. The average molecular weight is 976 g/mol. The first kappa shape index (κ1) is 67.4. The Morgan fingerprint density at radius 2 is 0.507 bits per heavy atom. The van der Waals surface area contributed by atoms with E-state index >= 15 is 0 Å². The highest BCUT2D eigenvalue weighted by Gasteiger charge is 2.19. The van der Waals surface area contributed by atoms with E-state index in [1.54, 1.807) is 0 Å². The summed E-state index contributed by atoms with van der Waals surface area (Å²) in [5.41, 5.74) is 0. The molecule has 0 aliphatic carbocycles. The van der Waals surface area contributed by atoms with E-state index in [1.165, 1.54) is 231 Å². The van der Waals surface area contributed by atoms with Crippen molar-refractivity contribution >= 4 is 17.9 Å². The zero-order valence-electron chi connectivity index (χ0n) is 47.6. The number of hydrogen-bond donors (Lipinski definition) is 0. The molecule has 6 nitrogen and oxygen atoms in total. The smallest absolute Gasteiger partial charge is 0.306 e. The Balaban J connectivity index is 4.24. The fourth-order valence-corrected chi connectivity index (χ4v) is 9.67. The van der Waals surface area contributed by atoms with E-state index in [2.05, 4.69) is 41.5 Å². The third-order valence-corrected chi connectivity index (χ3v) is 14.8. The highest BCUT2D eigenvalue weighted by molar-refractivity contribution is 5.71. The number of unbranched alkanes of at least 4 members (excludes halogenated alkanes) is 38. The van der Waals surface area contributed by atoms with Crippen LogP contribution in [0.15, 0.2) is 0 Å². The van der Waals surface area contributed by atoms with Gasteiger partial charge in [0.1, 0.15) is 13.2 Å². The molecule has 410 valence electrons. The van der Waals surface area contributed by atoms with Crippen LogP contribution in [0, 0.1) is 17.8 Å². The Hall–Kier alpha value is -1.59. The molecule has 69 heavy (non-hydrogen) atoms. The lowest BCUT2D eigenvalue weighted by atomic mass is 9.99. The number of carbonyl (C=O) groups is 3. The molecule has 0 amide bonds. The van der Waals surface area contributed by atoms with Gasteiger partial charge in [-0.3, -0.25) is 14.4 Å². The predicted molar refractivity (Wildman–Crippen MR) is 298 cm³/mol. The summed E-state index contributed by atoms with van der Waals surface area (Å²) in [6.45, 7) is 13.8. The number of hydrogen-bond acceptors (Lipinski definition) is 6. The van der Waals surface area contributed by atoms with Crippen molar-refractivity contribution in [3.63, 3.8) is 0 Å². The first-order valence-corrected chi connectivity index (χ1v) is 31.1. The van der Waals surface area contributed by atoms with Gasteiger partial charge in [0.25, 0.3) is 0 Å². The van der Waals surface area contributed by atoms with Gasteiger partial charge in [0.2, 0.25) is 0 Å². The third kappa shape index (κ3) is 55.6. The van der Waals surface area contributed by atoms with Gasteiger partial charge in [0, 0.05) is 19.3 Å². The number of ether oxygens (including phenoxy) is 3. The van der Waals surface area contributed by atoms with Crippen LogP contribution in [0.4, 0.5) is 0 Å². The van der Waals surface area contributed by atoms with Crippen molar-refractivity contribution in [2.75, 3.05) is 13.2 Å². The van der Waals surface area contributed by atoms with Crippen molar-refractivity contribution in [3.8, 4) is 0 Å². The maximum absolute atomic E-state index is 12.9. The van der Waals surface area contributed by atoms with Gasteiger partial charge in [-0.25, -0.2) is 0 Å². The van der Waals surface area contributed by atoms with Crippen molar-refractivity contribution in [3.05, 3.63) is 0 Å². The molecular weight excluding hydrogens is 853 g/mol. The van der Waals surface area contributed by atoms with Crippen LogP contribution in [0.5, 0.6) is 0 Å². The fourth-order valence-electron chi connectivity index (χ4n) is 9.67. The van der Waals surface area contributed by atoms with Gasteiger partial charge in [-0.15, -0.1) is 0 Å². The van der Waals surface area contributed by atoms with E-state index in [9.17, 15) is 14.4 Å². The normalized spacial score (nSPS) is 12.5. The van der Waals surface area contributed by atoms with E-state index in [0.29, 0.717) is 19.3 Å². The first-order chi connectivity index (χ1) is 33.6. The van der Waals surface area contributed by atoms with Crippen LogP contribution in [0.3, 0.4) is 0 Å². The molecule has 0 aromatic heterocycles. The molecule has 0 saturated heterocycles. The molecule has 0 rings (SSSR count). The maximum atomic E-state index is 12.9. The van der Waals surface area contributed by atoms with Crippen LogP contribution < -0.4 is 0 Å². The summed E-state index contributed by atoms with van der Waals surface area (Å²) in [7, 11) is 0. The summed E-state index contributed by atoms with van der Waals surface area (Å²) in [5.74, 6) is 1.73. The largest absolute Gasteiger partial charge is 0.462 e. The predicted octanol–water partition coefficient (Wildman–Crippen LogP) is 20.7. The molecule has 0 spiro atoms. The van der Waals surface area contributed by atoms with Crippen LogP contribution in [-0.4, -0.2) is 37.2 Å². The Labute approximate surface area is 431 Å². The molecule has 0 N–H and O–H groups in total. The summed E-state index contributed by atoms with van der Waals surface area (Å²) >= 11 is 0. The molecule has 0 aliphatic rings. The van der Waals surface area contributed by atoms with E-state index in [4.69, 9.17) is 14.2 Å². The van der Waals surface area contributed by atoms with Crippen LogP contribution in [0.1, 0.15) is 350 Å². The molecular formula is C63H122O6. The molecule has 6 heteroatoms. The lowest BCUT2D eigenvalue weighted by Gasteiger charge is -2.18.